The molecule has 4 nitrogen and oxygen atoms in total. The number of nitrogens with two attached hydrogens (primary N) is 1. The Morgan fingerprint density at radius 1 is 1.39 bits per heavy atom. The molecule has 0 aromatic heterocycles. The summed E-state index contributed by atoms with van der Waals surface area (Å²) in [5, 5.41) is 2.25. The first-order chi connectivity index (χ1) is 8.19. The van der Waals surface area contributed by atoms with Crippen LogP contribution < -0.4 is 11.1 Å². The molecule has 100 valence electrons. The van der Waals surface area contributed by atoms with Crippen LogP contribution in [0.5, 0.6) is 0 Å². The van der Waals surface area contributed by atoms with Gasteiger partial charge in [-0.2, -0.15) is 0 Å². The third-order valence-electron chi connectivity index (χ3n) is 1.99. The van der Waals surface area contributed by atoms with Crippen molar-refractivity contribution in [3.8, 4) is 0 Å². The highest BCUT2D eigenvalue weighted by atomic mass is 19.1. The van der Waals surface area contributed by atoms with Gasteiger partial charge in [0.15, 0.2) is 5.82 Å². The molecule has 0 heterocycles. The largest absolute Gasteiger partial charge is 0.397 e. The monoisotopic (exact) mass is 258 g/mol. The predicted molar refractivity (Wildman–Crippen MR) is 65.1 cm³/mol. The van der Waals surface area contributed by atoms with Crippen molar-refractivity contribution < 1.29 is 18.3 Å². The van der Waals surface area contributed by atoms with Crippen LogP contribution in [-0.4, -0.2) is 18.1 Å². The van der Waals surface area contributed by atoms with E-state index in [1.54, 1.807) is 20.8 Å². The molecule has 0 aliphatic carbocycles. The van der Waals surface area contributed by atoms with Crippen molar-refractivity contribution in [3.63, 3.8) is 0 Å². The van der Waals surface area contributed by atoms with Gasteiger partial charge in [0.2, 0.25) is 0 Å². The Morgan fingerprint density at radius 3 is 2.50 bits per heavy atom. The van der Waals surface area contributed by atoms with E-state index in [-0.39, 0.29) is 18.0 Å². The van der Waals surface area contributed by atoms with Crippen molar-refractivity contribution in [1.29, 1.82) is 0 Å². The molecule has 0 radical (unpaired) electrons. The zero-order valence-corrected chi connectivity index (χ0v) is 10.5. The fourth-order valence-corrected chi connectivity index (χ4v) is 1.18. The molecule has 0 fully saturated rings. The number of nitrogen functional groups attached to an aromatic ring is 1. The van der Waals surface area contributed by atoms with Crippen LogP contribution in [0.15, 0.2) is 12.1 Å². The molecule has 0 spiro atoms. The van der Waals surface area contributed by atoms with Crippen molar-refractivity contribution in [1.82, 2.24) is 0 Å². The summed E-state index contributed by atoms with van der Waals surface area (Å²) in [6.07, 6.45) is 0. The van der Waals surface area contributed by atoms with Crippen molar-refractivity contribution >= 4 is 17.3 Å². The van der Waals surface area contributed by atoms with E-state index >= 15 is 0 Å². The first-order valence-corrected chi connectivity index (χ1v) is 5.37. The molecule has 1 aromatic carbocycles. The molecule has 0 unspecified atom stereocenters. The van der Waals surface area contributed by atoms with E-state index < -0.39 is 23.1 Å². The molecule has 1 amide bonds. The van der Waals surface area contributed by atoms with Crippen molar-refractivity contribution in [3.05, 3.63) is 23.8 Å². The number of rotatable bonds is 3. The highest BCUT2D eigenvalue weighted by Crippen LogP contribution is 2.23. The Kier molecular flexibility index (Phi) is 4.24. The number of amides is 1. The number of nitrogens with one attached hydrogen (secondary N) is 1. The van der Waals surface area contributed by atoms with Crippen molar-refractivity contribution in [2.45, 2.75) is 26.4 Å². The van der Waals surface area contributed by atoms with Crippen LogP contribution in [-0.2, 0) is 9.53 Å². The van der Waals surface area contributed by atoms with Crippen LogP contribution in [0.25, 0.3) is 0 Å². The minimum Gasteiger partial charge on any atom is -0.397 e. The van der Waals surface area contributed by atoms with Gasteiger partial charge >= 0.3 is 0 Å². The summed E-state index contributed by atoms with van der Waals surface area (Å²) in [5.41, 5.74) is 4.53. The molecule has 1 aromatic rings. The van der Waals surface area contributed by atoms with E-state index in [4.69, 9.17) is 10.5 Å². The maximum Gasteiger partial charge on any atom is 0.250 e. The summed E-state index contributed by atoms with van der Waals surface area (Å²) in [5.74, 6) is -2.27. The maximum absolute atomic E-state index is 13.4. The smallest absolute Gasteiger partial charge is 0.250 e. The van der Waals surface area contributed by atoms with E-state index in [1.807, 2.05) is 0 Å². The lowest BCUT2D eigenvalue weighted by molar-refractivity contribution is -0.125. The van der Waals surface area contributed by atoms with Gasteiger partial charge < -0.3 is 15.8 Å². The van der Waals surface area contributed by atoms with Gasteiger partial charge in [0, 0.05) is 6.07 Å². The van der Waals surface area contributed by atoms with Crippen LogP contribution in [0.1, 0.15) is 20.8 Å². The topological polar surface area (TPSA) is 64.3 Å². The van der Waals surface area contributed by atoms with Gasteiger partial charge in [0.25, 0.3) is 5.91 Å². The zero-order chi connectivity index (χ0) is 13.9. The van der Waals surface area contributed by atoms with Crippen LogP contribution in [0.2, 0.25) is 0 Å². The molecule has 0 atom stereocenters. The van der Waals surface area contributed by atoms with Crippen LogP contribution >= 0.6 is 0 Å². The SMILES string of the molecule is CC(C)(C)OCC(=O)Nc1c(N)cc(F)cc1F. The summed E-state index contributed by atoms with van der Waals surface area (Å²) in [6, 6.07) is 1.58. The highest BCUT2D eigenvalue weighted by Gasteiger charge is 2.16. The minimum atomic E-state index is -0.920. The molecule has 18 heavy (non-hydrogen) atoms. The van der Waals surface area contributed by atoms with Gasteiger partial charge in [-0.1, -0.05) is 0 Å². The van der Waals surface area contributed by atoms with Gasteiger partial charge in [-0.3, -0.25) is 4.79 Å². The Morgan fingerprint density at radius 2 is 2.00 bits per heavy atom. The molecule has 6 heteroatoms. The summed E-state index contributed by atoms with van der Waals surface area (Å²) in [7, 11) is 0. The second-order valence-corrected chi connectivity index (χ2v) is 4.80. The van der Waals surface area contributed by atoms with E-state index in [0.717, 1.165) is 6.07 Å². The molecule has 0 bridgehead atoms. The molecule has 1 rings (SSSR count). The fourth-order valence-electron chi connectivity index (χ4n) is 1.18. The quantitative estimate of drug-likeness (QED) is 0.818. The van der Waals surface area contributed by atoms with Crippen molar-refractivity contribution in [2.75, 3.05) is 17.7 Å². The Balaban J connectivity index is 2.71. The molecule has 0 aliphatic heterocycles. The summed E-state index contributed by atoms with van der Waals surface area (Å²) >= 11 is 0. The fraction of sp³-hybridized carbons (Fsp3) is 0.417. The Hall–Kier alpha value is -1.69. The molecule has 3 N–H and O–H groups in total. The zero-order valence-electron chi connectivity index (χ0n) is 10.5. The number of carbonyl (C=O) groups excluding carboxylic acids is 1. The van der Waals surface area contributed by atoms with E-state index in [2.05, 4.69) is 5.32 Å². The number of hydrogen-bond donors (Lipinski definition) is 2. The number of carbonyl (C=O) groups is 1. The van der Waals surface area contributed by atoms with E-state index in [1.165, 1.54) is 0 Å². The first-order valence-electron chi connectivity index (χ1n) is 5.37. The van der Waals surface area contributed by atoms with Gasteiger partial charge in [0.1, 0.15) is 18.1 Å². The third kappa shape index (κ3) is 4.29. The van der Waals surface area contributed by atoms with Crippen molar-refractivity contribution in [2.24, 2.45) is 0 Å². The number of ether oxygens (including phenoxy) is 1. The average molecular weight is 258 g/mol. The van der Waals surface area contributed by atoms with E-state index in [0.29, 0.717) is 6.07 Å². The number of anilines is 2. The summed E-state index contributed by atoms with van der Waals surface area (Å²) in [4.78, 5) is 11.5. The molecular weight excluding hydrogens is 242 g/mol. The first kappa shape index (κ1) is 14.4. The minimum absolute atomic E-state index is 0.170. The standard InChI is InChI=1S/C12H16F2N2O2/c1-12(2,3)18-6-10(17)16-11-8(14)4-7(13)5-9(11)15/h4-5H,6,15H2,1-3H3,(H,16,17). The van der Waals surface area contributed by atoms with Crippen LogP contribution in [0.4, 0.5) is 20.2 Å². The molecule has 0 aliphatic rings. The third-order valence-corrected chi connectivity index (χ3v) is 1.99. The number of hydrogen-bond acceptors (Lipinski definition) is 3. The second-order valence-electron chi connectivity index (χ2n) is 4.80. The Bertz CT molecular complexity index is 433. The lowest BCUT2D eigenvalue weighted by Crippen LogP contribution is -2.27. The average Bonchev–Trinajstić information content (AvgIpc) is 2.19. The second kappa shape index (κ2) is 5.30. The van der Waals surface area contributed by atoms with Gasteiger partial charge in [-0.15, -0.1) is 0 Å². The van der Waals surface area contributed by atoms with Crippen LogP contribution in [0, 0.1) is 11.6 Å². The lowest BCUT2D eigenvalue weighted by atomic mass is 10.2. The molecular formula is C12H16F2N2O2. The Labute approximate surface area is 104 Å². The lowest BCUT2D eigenvalue weighted by Gasteiger charge is -2.19. The van der Waals surface area contributed by atoms with Gasteiger partial charge in [-0.05, 0) is 26.8 Å². The summed E-state index contributed by atoms with van der Waals surface area (Å²) in [6.45, 7) is 5.12. The number of halogens is 2. The van der Waals surface area contributed by atoms with E-state index in [9.17, 15) is 13.6 Å². The van der Waals surface area contributed by atoms with Gasteiger partial charge in [-0.25, -0.2) is 8.78 Å². The van der Waals surface area contributed by atoms with Gasteiger partial charge in [0.05, 0.1) is 11.3 Å². The summed E-state index contributed by atoms with van der Waals surface area (Å²) < 4.78 is 31.4. The molecule has 0 saturated carbocycles. The normalized spacial score (nSPS) is 11.4. The molecule has 0 saturated heterocycles. The number of benzene rings is 1. The predicted octanol–water partition coefficient (Wildman–Crippen LogP) is 2.30. The van der Waals surface area contributed by atoms with Crippen LogP contribution in [0.3, 0.4) is 0 Å². The highest BCUT2D eigenvalue weighted by molar-refractivity contribution is 5.94. The maximum atomic E-state index is 13.4.